The van der Waals surface area contributed by atoms with Crippen molar-refractivity contribution >= 4 is 45.5 Å². The summed E-state index contributed by atoms with van der Waals surface area (Å²) in [6, 6.07) is 28.5. The predicted molar refractivity (Wildman–Crippen MR) is 294 cm³/mol. The number of hydrogen-bond donors (Lipinski definition) is 4. The van der Waals surface area contributed by atoms with Gasteiger partial charge in [0.25, 0.3) is 5.91 Å². The molecule has 0 saturated carbocycles. The Bertz CT molecular complexity index is 3470. The Kier molecular flexibility index (Phi) is 14.8. The van der Waals surface area contributed by atoms with E-state index in [4.69, 9.17) is 15.0 Å². The van der Waals surface area contributed by atoms with Crippen molar-refractivity contribution in [1.29, 1.82) is 0 Å². The van der Waals surface area contributed by atoms with Crippen LogP contribution in [-0.2, 0) is 37.0 Å². The van der Waals surface area contributed by atoms with Gasteiger partial charge in [-0.1, -0.05) is 59.7 Å². The van der Waals surface area contributed by atoms with Crippen LogP contribution in [0.5, 0.6) is 17.2 Å². The second-order valence-electron chi connectivity index (χ2n) is 20.9. The molecule has 5 aliphatic heterocycles. The Morgan fingerprint density at radius 2 is 1.67 bits per heavy atom. The van der Waals surface area contributed by atoms with E-state index in [9.17, 15) is 24.6 Å². The van der Waals surface area contributed by atoms with Gasteiger partial charge in [-0.25, -0.2) is 9.37 Å². The number of carboxylic acids is 1. The molecule has 2 amide bonds. The molecule has 0 aromatic heterocycles. The first-order valence-electron chi connectivity index (χ1n) is 27.1. The molecule has 4 N–H and O–H groups in total. The Balaban J connectivity index is 0.865. The number of aliphatic hydroxyl groups is 1. The Morgan fingerprint density at radius 3 is 2.54 bits per heavy atom. The standard InChI is InChI=1S/C61H64N8O7/c1-38-31-39(19-22-52(38)65-66-62)36-69(54(71)23-24-63-35-44(70)37-75-53-18-8-14-40-11-2-3-15-45(40)53)30-25-64-60(72)43-20-21-46(61(73)74)49(34-43)55-50-32-41-12-4-6-26-67-28-9-16-47(56(41)67)58(50)76-59-48-17-10-29-68-27-7-5-13-42(57(48)68)33-51(55)59/h2-3,8,11,14-15,18-22,31-34,44,63,70H,4-7,9-10,12-13,16-17,23-30,35-37H2,1H3,(H-,64,72,73,74)/p+1/t44-/m0/s1. The number of nitrogens with zero attached hydrogens (tertiary/aromatic N) is 6. The van der Waals surface area contributed by atoms with E-state index in [2.05, 4.69) is 42.3 Å². The van der Waals surface area contributed by atoms with Gasteiger partial charge in [-0.05, 0) is 128 Å². The van der Waals surface area contributed by atoms with E-state index in [-0.39, 0.29) is 50.7 Å². The minimum absolute atomic E-state index is 0.0734. The molecular formula is C61H65N8O7+. The van der Waals surface area contributed by atoms with Gasteiger partial charge >= 0.3 is 5.97 Å². The first kappa shape index (κ1) is 50.4. The van der Waals surface area contributed by atoms with Crippen molar-refractivity contribution in [2.45, 2.75) is 90.2 Å². The zero-order valence-corrected chi connectivity index (χ0v) is 43.2. The van der Waals surface area contributed by atoms with Gasteiger partial charge in [-0.2, -0.15) is 0 Å². The highest BCUT2D eigenvalue weighted by Gasteiger charge is 2.36. The maximum Gasteiger partial charge on any atom is 0.336 e. The third kappa shape index (κ3) is 10.2. The summed E-state index contributed by atoms with van der Waals surface area (Å²) in [5.74, 6) is 0.671. The number of carboxylic acid groups (broad SMARTS) is 1. The van der Waals surface area contributed by atoms with E-state index in [1.807, 2.05) is 61.5 Å². The number of nitrogens with one attached hydrogen (secondary N) is 2. The lowest BCUT2D eigenvalue weighted by Crippen LogP contribution is -2.41. The zero-order chi connectivity index (χ0) is 52.3. The maximum absolute atomic E-state index is 14.4. The van der Waals surface area contributed by atoms with E-state index >= 15 is 0 Å². The quantitative estimate of drug-likeness (QED) is 0.0229. The molecular weight excluding hydrogens is 957 g/mol. The van der Waals surface area contributed by atoms with Gasteiger partial charge in [0.1, 0.15) is 43.0 Å². The maximum atomic E-state index is 14.4. The van der Waals surface area contributed by atoms with Crippen molar-refractivity contribution < 1.29 is 34.1 Å². The number of hydrogen-bond acceptors (Lipinski definition) is 9. The van der Waals surface area contributed by atoms with Gasteiger partial charge in [0, 0.05) is 120 Å². The number of aliphatic hydroxyl groups excluding tert-OH is 1. The van der Waals surface area contributed by atoms with Gasteiger partial charge in [0.05, 0.1) is 11.1 Å². The van der Waals surface area contributed by atoms with Gasteiger partial charge in [-0.15, -0.1) is 0 Å². The fourth-order valence-electron chi connectivity index (χ4n) is 12.3. The number of azide groups is 1. The number of rotatable bonds is 17. The van der Waals surface area contributed by atoms with Crippen LogP contribution in [0, 0.1) is 6.92 Å². The summed E-state index contributed by atoms with van der Waals surface area (Å²) in [4.78, 5) is 49.1. The van der Waals surface area contributed by atoms with Crippen LogP contribution in [0.4, 0.5) is 11.4 Å². The number of fused-ring (bicyclic) bond motifs is 5. The van der Waals surface area contributed by atoms with Crippen LogP contribution in [0.3, 0.4) is 0 Å². The number of aromatic carboxylic acids is 1. The minimum atomic E-state index is -1.08. The monoisotopic (exact) mass is 1020 g/mol. The number of anilines is 1. The number of benzene rings is 6. The number of carbonyl (C=O) groups excluding carboxylic acids is 2. The lowest BCUT2D eigenvalue weighted by molar-refractivity contribution is -0.131. The summed E-state index contributed by atoms with van der Waals surface area (Å²) in [5.41, 5.74) is 19.9. The average molecular weight is 1020 g/mol. The highest BCUT2D eigenvalue weighted by molar-refractivity contribution is 6.03. The molecule has 15 nitrogen and oxygen atoms in total. The molecule has 0 aliphatic carbocycles. The molecule has 0 saturated heterocycles. The lowest BCUT2D eigenvalue weighted by Gasteiger charge is -2.35. The third-order valence-corrected chi connectivity index (χ3v) is 15.9. The largest absolute Gasteiger partial charge is 0.490 e. The van der Waals surface area contributed by atoms with Crippen LogP contribution in [0.2, 0.25) is 0 Å². The number of carbonyl (C=O) groups is 3. The molecule has 76 heavy (non-hydrogen) atoms. The highest BCUT2D eigenvalue weighted by Crippen LogP contribution is 2.48. The van der Waals surface area contributed by atoms with E-state index in [0.29, 0.717) is 29.1 Å². The van der Waals surface area contributed by atoms with Crippen LogP contribution >= 0.6 is 0 Å². The minimum Gasteiger partial charge on any atom is -0.490 e. The second kappa shape index (κ2) is 22.2. The fourth-order valence-corrected chi connectivity index (χ4v) is 12.3. The van der Waals surface area contributed by atoms with Crippen molar-refractivity contribution in [2.75, 3.05) is 63.9 Å². The summed E-state index contributed by atoms with van der Waals surface area (Å²) in [6.07, 6.45) is 9.24. The fraction of sp³-hybridized carbons (Fsp3) is 0.377. The summed E-state index contributed by atoms with van der Waals surface area (Å²) in [5, 5.41) is 36.0. The first-order valence-corrected chi connectivity index (χ1v) is 27.1. The lowest BCUT2D eigenvalue weighted by atomic mass is 9.82. The number of amides is 2. The van der Waals surface area contributed by atoms with Crippen LogP contribution in [-0.4, -0.2) is 98.0 Å². The van der Waals surface area contributed by atoms with Crippen molar-refractivity contribution in [3.8, 4) is 17.2 Å². The molecule has 1 atom stereocenters. The van der Waals surface area contributed by atoms with E-state index in [1.54, 1.807) is 29.2 Å². The molecule has 0 unspecified atom stereocenters. The average Bonchev–Trinajstić information content (AvgIpc) is 3.89. The van der Waals surface area contributed by atoms with E-state index in [0.717, 1.165) is 140 Å². The van der Waals surface area contributed by atoms with Crippen LogP contribution < -0.4 is 40.2 Å². The molecule has 6 aromatic rings. The van der Waals surface area contributed by atoms with Crippen molar-refractivity contribution in [3.05, 3.63) is 168 Å². The topological polar surface area (TPSA) is 192 Å². The number of aryl methyl sites for hydroxylation is 3. The third-order valence-electron chi connectivity index (χ3n) is 15.9. The summed E-state index contributed by atoms with van der Waals surface area (Å²) in [6.45, 7) is 6.96. The molecule has 6 aromatic carbocycles. The van der Waals surface area contributed by atoms with Crippen molar-refractivity contribution in [1.82, 2.24) is 20.1 Å². The Hall–Kier alpha value is -7.71. The smallest absolute Gasteiger partial charge is 0.336 e. The molecule has 0 spiro atoms. The summed E-state index contributed by atoms with van der Waals surface area (Å²) < 4.78 is 15.8. The zero-order valence-electron chi connectivity index (χ0n) is 43.2. The van der Waals surface area contributed by atoms with Crippen LogP contribution in [0.25, 0.3) is 26.8 Å². The second-order valence-corrected chi connectivity index (χ2v) is 20.9. The normalized spacial score (nSPS) is 15.6. The molecule has 0 radical (unpaired) electrons. The molecule has 390 valence electrons. The molecule has 5 aliphatic rings. The van der Waals surface area contributed by atoms with Gasteiger partial charge in [0.2, 0.25) is 11.3 Å². The molecule has 0 fully saturated rings. The van der Waals surface area contributed by atoms with E-state index < -0.39 is 18.0 Å². The summed E-state index contributed by atoms with van der Waals surface area (Å²) >= 11 is 0. The van der Waals surface area contributed by atoms with Crippen LogP contribution in [0.1, 0.15) is 110 Å². The van der Waals surface area contributed by atoms with E-state index in [1.165, 1.54) is 33.3 Å². The van der Waals surface area contributed by atoms with Crippen molar-refractivity contribution in [2.24, 2.45) is 5.11 Å². The Labute approximate surface area is 442 Å². The van der Waals surface area contributed by atoms with Crippen LogP contribution in [0.15, 0.2) is 96.1 Å². The summed E-state index contributed by atoms with van der Waals surface area (Å²) in [7, 11) is 0. The number of ether oxygens (including phenoxy) is 2. The molecule has 5 heterocycles. The van der Waals surface area contributed by atoms with Gasteiger partial charge in [-0.3, -0.25) is 9.59 Å². The molecule has 15 heteroatoms. The van der Waals surface area contributed by atoms with Crippen molar-refractivity contribution in [3.63, 3.8) is 0 Å². The van der Waals surface area contributed by atoms with Gasteiger partial charge in [0.15, 0.2) is 0 Å². The molecule has 11 rings (SSSR count). The molecule has 0 bridgehead atoms. The first-order chi connectivity index (χ1) is 37.1. The predicted octanol–water partition coefficient (Wildman–Crippen LogP) is 8.18. The SMILES string of the molecule is Cc1cc(CN(CCNC(=O)c2ccc(C(=O)O)c(C3=c4cc5c6c(c4Oc4c3cc3c7c4CCCN7CCCC3)CCC[N+]=6CCCC5)c2)C(=O)CCNC[C@H](O)COc2cccc3ccccc23)ccc1N=[N+]=[N-]. The highest BCUT2D eigenvalue weighted by atomic mass is 16.5. The van der Waals surface area contributed by atoms with Gasteiger partial charge < -0.3 is 40.1 Å². The Morgan fingerprint density at radius 1 is 0.855 bits per heavy atom.